The molecule has 1 atom stereocenters. The summed E-state index contributed by atoms with van der Waals surface area (Å²) in [6, 6.07) is 9.86. The van der Waals surface area contributed by atoms with E-state index in [1.165, 1.54) is 0 Å². The number of ether oxygens (including phenoxy) is 1. The van der Waals surface area contributed by atoms with E-state index in [1.54, 1.807) is 18.2 Å². The highest BCUT2D eigenvalue weighted by Gasteiger charge is 2.13. The molecule has 0 aliphatic carbocycles. The largest absolute Gasteiger partial charge is 0.459 e. The minimum Gasteiger partial charge on any atom is -0.459 e. The van der Waals surface area contributed by atoms with Crippen molar-refractivity contribution in [2.45, 2.75) is 12.5 Å². The maximum atomic E-state index is 10.5. The monoisotopic (exact) mass is 228 g/mol. The molecule has 0 N–H and O–H groups in total. The van der Waals surface area contributed by atoms with Gasteiger partial charge in [-0.1, -0.05) is 61.7 Å². The van der Waals surface area contributed by atoms with Crippen molar-refractivity contribution in [2.75, 3.05) is 0 Å². The molecule has 0 spiro atoms. The van der Waals surface area contributed by atoms with Gasteiger partial charge in [0.1, 0.15) is 6.10 Å². The van der Waals surface area contributed by atoms with Gasteiger partial charge in [0.2, 0.25) is 0 Å². The lowest BCUT2D eigenvalue weighted by molar-refractivity contribution is -0.131. The van der Waals surface area contributed by atoms with Gasteiger partial charge in [0.25, 0.3) is 6.47 Å². The molecule has 0 radical (unpaired) electrons. The van der Waals surface area contributed by atoms with Gasteiger partial charge in [-0.3, -0.25) is 4.79 Å². The second-order valence-corrected chi connectivity index (χ2v) is 3.52. The van der Waals surface area contributed by atoms with E-state index in [2.05, 4.69) is 13.2 Å². The fourth-order valence-electron chi connectivity index (χ4n) is 1.58. The van der Waals surface area contributed by atoms with Gasteiger partial charge in [0, 0.05) is 6.42 Å². The maximum Gasteiger partial charge on any atom is 0.293 e. The number of carbonyl (C=O) groups excluding carboxylic acids is 1. The van der Waals surface area contributed by atoms with E-state index in [9.17, 15) is 4.79 Å². The maximum absolute atomic E-state index is 10.5. The van der Waals surface area contributed by atoms with Crippen molar-refractivity contribution in [2.24, 2.45) is 0 Å². The van der Waals surface area contributed by atoms with Crippen LogP contribution in [0.2, 0.25) is 0 Å². The normalized spacial score (nSPS) is 12.6. The zero-order valence-corrected chi connectivity index (χ0v) is 9.71. The summed E-state index contributed by atoms with van der Waals surface area (Å²) in [6.45, 7) is 7.81. The summed E-state index contributed by atoms with van der Waals surface area (Å²) in [5, 5.41) is 0. The molecule has 0 aliphatic rings. The smallest absolute Gasteiger partial charge is 0.293 e. The summed E-state index contributed by atoms with van der Waals surface area (Å²) in [5.41, 5.74) is 1.95. The van der Waals surface area contributed by atoms with Crippen molar-refractivity contribution in [1.82, 2.24) is 0 Å². The molecule has 0 saturated carbocycles. The van der Waals surface area contributed by atoms with Crippen LogP contribution < -0.4 is 0 Å². The molecular formula is C15H16O2. The highest BCUT2D eigenvalue weighted by atomic mass is 16.5. The second kappa shape index (κ2) is 7.23. The zero-order valence-electron chi connectivity index (χ0n) is 9.71. The first kappa shape index (κ1) is 13.0. The second-order valence-electron chi connectivity index (χ2n) is 3.52. The first-order valence-electron chi connectivity index (χ1n) is 5.40. The van der Waals surface area contributed by atoms with Crippen LogP contribution in [0.4, 0.5) is 0 Å². The minimum absolute atomic E-state index is 0.314. The van der Waals surface area contributed by atoms with Crippen LogP contribution in [0.3, 0.4) is 0 Å². The Morgan fingerprint density at radius 1 is 1.29 bits per heavy atom. The number of allylic oxidation sites excluding steroid dienone is 2. The van der Waals surface area contributed by atoms with Gasteiger partial charge in [0.05, 0.1) is 0 Å². The standard InChI is InChI=1S/C15H16O2/c1-3-8-14(4-2)15(17-12-16)11-13-9-6-5-7-10-13/h3-10,12,15H,1-2,11H2/b14-8+. The number of benzene rings is 1. The zero-order chi connectivity index (χ0) is 12.5. The SMILES string of the molecule is C=C/C=C(\C=C)C(Cc1ccccc1)OC=O. The summed E-state index contributed by atoms with van der Waals surface area (Å²) in [6.07, 6.45) is 5.45. The first-order valence-corrected chi connectivity index (χ1v) is 5.40. The lowest BCUT2D eigenvalue weighted by atomic mass is 10.0. The van der Waals surface area contributed by atoms with E-state index < -0.39 is 0 Å². The van der Waals surface area contributed by atoms with E-state index in [0.717, 1.165) is 11.1 Å². The molecule has 0 saturated heterocycles. The van der Waals surface area contributed by atoms with Crippen molar-refractivity contribution in [1.29, 1.82) is 0 Å². The molecule has 0 aliphatic heterocycles. The topological polar surface area (TPSA) is 26.3 Å². The average molecular weight is 228 g/mol. The Morgan fingerprint density at radius 2 is 2.00 bits per heavy atom. The van der Waals surface area contributed by atoms with Crippen LogP contribution in [0, 0.1) is 0 Å². The lowest BCUT2D eigenvalue weighted by Crippen LogP contribution is -2.17. The average Bonchev–Trinajstić information content (AvgIpc) is 2.37. The molecule has 0 aromatic heterocycles. The third kappa shape index (κ3) is 4.11. The molecule has 88 valence electrons. The van der Waals surface area contributed by atoms with Crippen molar-refractivity contribution < 1.29 is 9.53 Å². The number of rotatable bonds is 7. The van der Waals surface area contributed by atoms with Crippen molar-refractivity contribution in [3.8, 4) is 0 Å². The summed E-state index contributed by atoms with van der Waals surface area (Å²) in [4.78, 5) is 10.5. The fourth-order valence-corrected chi connectivity index (χ4v) is 1.58. The van der Waals surface area contributed by atoms with E-state index in [1.807, 2.05) is 30.3 Å². The highest BCUT2D eigenvalue weighted by Crippen LogP contribution is 2.14. The van der Waals surface area contributed by atoms with E-state index in [0.29, 0.717) is 12.9 Å². The molecule has 0 fully saturated rings. The summed E-state index contributed by atoms with van der Waals surface area (Å²) in [7, 11) is 0. The van der Waals surface area contributed by atoms with Gasteiger partial charge < -0.3 is 4.74 Å². The molecule has 2 nitrogen and oxygen atoms in total. The lowest BCUT2D eigenvalue weighted by Gasteiger charge is -2.16. The van der Waals surface area contributed by atoms with Crippen LogP contribution in [0.25, 0.3) is 0 Å². The summed E-state index contributed by atoms with van der Waals surface area (Å²) in [5.74, 6) is 0. The molecule has 1 rings (SSSR count). The van der Waals surface area contributed by atoms with Crippen molar-refractivity contribution >= 4 is 6.47 Å². The van der Waals surface area contributed by atoms with Crippen molar-refractivity contribution in [3.05, 3.63) is 72.9 Å². The molecule has 1 unspecified atom stereocenters. The Hall–Kier alpha value is -2.09. The molecular weight excluding hydrogens is 212 g/mol. The van der Waals surface area contributed by atoms with Crippen LogP contribution in [0.15, 0.2) is 67.3 Å². The van der Waals surface area contributed by atoms with Crippen LogP contribution >= 0.6 is 0 Å². The molecule has 0 heterocycles. The number of carbonyl (C=O) groups is 1. The Morgan fingerprint density at radius 3 is 2.53 bits per heavy atom. The van der Waals surface area contributed by atoms with Gasteiger partial charge in [-0.25, -0.2) is 0 Å². The molecule has 1 aromatic carbocycles. The van der Waals surface area contributed by atoms with Gasteiger partial charge in [-0.05, 0) is 11.1 Å². The third-order valence-corrected chi connectivity index (χ3v) is 2.40. The Kier molecular flexibility index (Phi) is 5.52. The van der Waals surface area contributed by atoms with Gasteiger partial charge in [-0.2, -0.15) is 0 Å². The van der Waals surface area contributed by atoms with Crippen LogP contribution in [0.5, 0.6) is 0 Å². The van der Waals surface area contributed by atoms with Gasteiger partial charge >= 0.3 is 0 Å². The molecule has 17 heavy (non-hydrogen) atoms. The van der Waals surface area contributed by atoms with Crippen LogP contribution in [0.1, 0.15) is 5.56 Å². The summed E-state index contributed by atoms with van der Waals surface area (Å²) >= 11 is 0. The van der Waals surface area contributed by atoms with Crippen LogP contribution in [-0.4, -0.2) is 12.6 Å². The molecule has 1 aromatic rings. The summed E-state index contributed by atoms with van der Waals surface area (Å²) < 4.78 is 5.08. The fraction of sp³-hybridized carbons (Fsp3) is 0.133. The highest BCUT2D eigenvalue weighted by molar-refractivity contribution is 5.41. The van der Waals surface area contributed by atoms with E-state index in [4.69, 9.17) is 4.74 Å². The molecule has 0 bridgehead atoms. The number of hydrogen-bond donors (Lipinski definition) is 0. The first-order chi connectivity index (χ1) is 8.31. The quantitative estimate of drug-likeness (QED) is 0.529. The number of hydrogen-bond acceptors (Lipinski definition) is 2. The van der Waals surface area contributed by atoms with Crippen LogP contribution in [-0.2, 0) is 16.0 Å². The third-order valence-electron chi connectivity index (χ3n) is 2.40. The Labute approximate surface area is 102 Å². The van der Waals surface area contributed by atoms with E-state index in [-0.39, 0.29) is 6.10 Å². The van der Waals surface area contributed by atoms with Gasteiger partial charge in [-0.15, -0.1) is 0 Å². The van der Waals surface area contributed by atoms with Gasteiger partial charge in [0.15, 0.2) is 0 Å². The Balaban J connectivity index is 2.85. The predicted molar refractivity (Wildman–Crippen MR) is 69.6 cm³/mol. The van der Waals surface area contributed by atoms with E-state index >= 15 is 0 Å². The predicted octanol–water partition coefficient (Wildman–Crippen LogP) is 3.07. The minimum atomic E-state index is -0.314. The molecule has 2 heteroatoms. The molecule has 0 amide bonds. The van der Waals surface area contributed by atoms with Crippen molar-refractivity contribution in [3.63, 3.8) is 0 Å². The Bertz CT molecular complexity index is 404.